The number of nitrogens with zero attached hydrogens (tertiary/aromatic N) is 1. The fourth-order valence-electron chi connectivity index (χ4n) is 3.14. The maximum atomic E-state index is 11.4. The molecule has 24 heavy (non-hydrogen) atoms. The Labute approximate surface area is 140 Å². The van der Waals surface area contributed by atoms with Crippen LogP contribution in [0.4, 0.5) is 0 Å². The highest BCUT2D eigenvalue weighted by Gasteiger charge is 2.15. The Balaban J connectivity index is 1.66. The lowest BCUT2D eigenvalue weighted by atomic mass is 9.90. The van der Waals surface area contributed by atoms with Crippen LogP contribution >= 0.6 is 0 Å². The zero-order chi connectivity index (χ0) is 16.5. The van der Waals surface area contributed by atoms with E-state index < -0.39 is 0 Å². The van der Waals surface area contributed by atoms with Crippen LogP contribution in [0.1, 0.15) is 30.4 Å². The molecule has 4 heteroatoms. The summed E-state index contributed by atoms with van der Waals surface area (Å²) in [7, 11) is 0. The number of hydrogen-bond acceptors (Lipinski definition) is 3. The number of H-pyrrole nitrogens is 1. The molecule has 4 nitrogen and oxygen atoms in total. The number of fused-ring (bicyclic) bond motifs is 1. The number of pyridine rings is 1. The number of carbonyl (C=O) groups is 1. The number of nitrogens with one attached hydrogen (secondary N) is 1. The van der Waals surface area contributed by atoms with Gasteiger partial charge in [-0.15, -0.1) is 0 Å². The number of ether oxygens (including phenoxy) is 1. The molecule has 0 atom stereocenters. The van der Waals surface area contributed by atoms with Crippen molar-refractivity contribution in [3.63, 3.8) is 0 Å². The van der Waals surface area contributed by atoms with Crippen molar-refractivity contribution in [1.82, 2.24) is 9.97 Å². The normalized spacial score (nSPS) is 14.7. The molecule has 4 rings (SSSR count). The van der Waals surface area contributed by atoms with Crippen LogP contribution in [0.15, 0.2) is 48.8 Å². The summed E-state index contributed by atoms with van der Waals surface area (Å²) >= 11 is 0. The second kappa shape index (κ2) is 5.96. The molecule has 1 aromatic carbocycles. The fraction of sp³-hybridized carbons (Fsp3) is 0.200. The second-order valence-electron chi connectivity index (χ2n) is 6.09. The largest absolute Gasteiger partial charge is 0.455 e. The number of aromatic amines is 1. The van der Waals surface area contributed by atoms with Crippen LogP contribution in [0.3, 0.4) is 0 Å². The first kappa shape index (κ1) is 14.7. The summed E-state index contributed by atoms with van der Waals surface area (Å²) in [4.78, 5) is 18.9. The van der Waals surface area contributed by atoms with Crippen LogP contribution in [-0.4, -0.2) is 15.8 Å². The predicted molar refractivity (Wildman–Crippen MR) is 94.2 cm³/mol. The van der Waals surface area contributed by atoms with Gasteiger partial charge in [-0.05, 0) is 48.2 Å². The zero-order valence-corrected chi connectivity index (χ0v) is 13.5. The molecule has 1 N–H and O–H groups in total. The Kier molecular flexibility index (Phi) is 3.65. The van der Waals surface area contributed by atoms with Crippen molar-refractivity contribution < 1.29 is 9.53 Å². The fourth-order valence-corrected chi connectivity index (χ4v) is 3.14. The average molecular weight is 318 g/mol. The molecule has 0 spiro atoms. The first-order valence-electron chi connectivity index (χ1n) is 8.12. The molecule has 0 radical (unpaired) electrons. The van der Waals surface area contributed by atoms with E-state index in [0.717, 1.165) is 40.1 Å². The molecule has 120 valence electrons. The van der Waals surface area contributed by atoms with Crippen LogP contribution in [-0.2, 0) is 4.79 Å². The van der Waals surface area contributed by atoms with Gasteiger partial charge >= 0.3 is 0 Å². The number of benzene rings is 1. The Morgan fingerprint density at radius 2 is 2.12 bits per heavy atom. The smallest absolute Gasteiger partial charge is 0.146 e. The lowest BCUT2D eigenvalue weighted by molar-refractivity contribution is -0.118. The number of rotatable bonds is 3. The Morgan fingerprint density at radius 1 is 1.21 bits per heavy atom. The van der Waals surface area contributed by atoms with E-state index in [9.17, 15) is 4.79 Å². The van der Waals surface area contributed by atoms with Gasteiger partial charge in [0.25, 0.3) is 0 Å². The van der Waals surface area contributed by atoms with Crippen molar-refractivity contribution in [2.75, 3.05) is 0 Å². The first-order chi connectivity index (χ1) is 11.7. The lowest BCUT2D eigenvalue weighted by Gasteiger charge is -2.17. The van der Waals surface area contributed by atoms with Crippen molar-refractivity contribution in [3.05, 3.63) is 59.9 Å². The van der Waals surface area contributed by atoms with E-state index >= 15 is 0 Å². The summed E-state index contributed by atoms with van der Waals surface area (Å²) in [5.74, 6) is 1.85. The molecular weight excluding hydrogens is 300 g/mol. The summed E-state index contributed by atoms with van der Waals surface area (Å²) in [6, 6.07) is 10.0. The van der Waals surface area contributed by atoms with Crippen LogP contribution in [0.2, 0.25) is 0 Å². The van der Waals surface area contributed by atoms with Gasteiger partial charge in [-0.2, -0.15) is 0 Å². The number of Topliss-reactive ketones (excluding diaryl/α,β-unsaturated/α-hetero) is 1. The molecule has 0 amide bonds. The van der Waals surface area contributed by atoms with Crippen molar-refractivity contribution in [3.8, 4) is 11.5 Å². The van der Waals surface area contributed by atoms with Crippen molar-refractivity contribution in [1.29, 1.82) is 0 Å². The highest BCUT2D eigenvalue weighted by Crippen LogP contribution is 2.34. The molecule has 3 aromatic rings. The molecule has 1 aliphatic rings. The topological polar surface area (TPSA) is 55.0 Å². The van der Waals surface area contributed by atoms with E-state index in [0.29, 0.717) is 18.6 Å². The first-order valence-corrected chi connectivity index (χ1v) is 8.12. The summed E-state index contributed by atoms with van der Waals surface area (Å²) in [5, 5.41) is 1.02. The molecule has 0 bridgehead atoms. The quantitative estimate of drug-likeness (QED) is 0.754. The Hall–Kier alpha value is -2.88. The Morgan fingerprint density at radius 3 is 2.96 bits per heavy atom. The summed E-state index contributed by atoms with van der Waals surface area (Å²) in [6.45, 7) is 2.06. The molecule has 0 saturated carbocycles. The molecule has 0 unspecified atom stereocenters. The third kappa shape index (κ3) is 2.71. The molecular formula is C20H18N2O2. The highest BCUT2D eigenvalue weighted by atomic mass is 16.5. The van der Waals surface area contributed by atoms with Crippen LogP contribution in [0.5, 0.6) is 11.5 Å². The van der Waals surface area contributed by atoms with Gasteiger partial charge in [0.05, 0.1) is 6.20 Å². The molecule has 0 saturated heterocycles. The van der Waals surface area contributed by atoms with Crippen LogP contribution in [0, 0.1) is 6.92 Å². The van der Waals surface area contributed by atoms with E-state index in [1.807, 2.05) is 36.5 Å². The van der Waals surface area contributed by atoms with E-state index in [4.69, 9.17) is 4.74 Å². The van der Waals surface area contributed by atoms with E-state index in [1.54, 1.807) is 6.20 Å². The molecule has 2 aromatic heterocycles. The number of aromatic nitrogens is 2. The van der Waals surface area contributed by atoms with Crippen LogP contribution in [0.25, 0.3) is 16.6 Å². The van der Waals surface area contributed by atoms with Gasteiger partial charge in [0.2, 0.25) is 0 Å². The van der Waals surface area contributed by atoms with Gasteiger partial charge in [-0.1, -0.05) is 18.2 Å². The lowest BCUT2D eigenvalue weighted by Crippen LogP contribution is -2.04. The highest BCUT2D eigenvalue weighted by molar-refractivity contribution is 5.87. The SMILES string of the molecule is Cc1c(Oc2cnc3[nH]ccc3c2)cccc1C1=CCC(=O)CC1. The molecule has 1 aliphatic carbocycles. The Bertz CT molecular complexity index is 953. The molecule has 0 fully saturated rings. The van der Waals surface area contributed by atoms with Gasteiger partial charge in [0.1, 0.15) is 22.9 Å². The molecule has 0 aliphatic heterocycles. The van der Waals surface area contributed by atoms with Gasteiger partial charge in [-0.3, -0.25) is 4.79 Å². The predicted octanol–water partition coefficient (Wildman–Crippen LogP) is 4.80. The van der Waals surface area contributed by atoms with Gasteiger partial charge in [0.15, 0.2) is 0 Å². The third-order valence-corrected chi connectivity index (χ3v) is 4.48. The summed E-state index contributed by atoms with van der Waals surface area (Å²) in [5.41, 5.74) is 4.34. The number of hydrogen-bond donors (Lipinski definition) is 1. The molecule has 2 heterocycles. The van der Waals surface area contributed by atoms with Crippen LogP contribution < -0.4 is 4.74 Å². The standard InChI is InChI=1S/C20H18N2O2/c1-13-18(14-5-7-16(23)8-6-14)3-2-4-19(13)24-17-11-15-9-10-21-20(15)22-12-17/h2-5,9-12H,6-8H2,1H3,(H,21,22). The monoisotopic (exact) mass is 318 g/mol. The summed E-state index contributed by atoms with van der Waals surface area (Å²) in [6.07, 6.45) is 7.61. The minimum Gasteiger partial charge on any atom is -0.455 e. The average Bonchev–Trinajstić information content (AvgIpc) is 3.05. The summed E-state index contributed by atoms with van der Waals surface area (Å²) < 4.78 is 6.07. The van der Waals surface area contributed by atoms with E-state index in [-0.39, 0.29) is 0 Å². The number of ketones is 1. The van der Waals surface area contributed by atoms with Gasteiger partial charge < -0.3 is 9.72 Å². The maximum Gasteiger partial charge on any atom is 0.146 e. The van der Waals surface area contributed by atoms with Gasteiger partial charge in [0, 0.05) is 24.4 Å². The van der Waals surface area contributed by atoms with Crippen molar-refractivity contribution in [2.45, 2.75) is 26.2 Å². The minimum atomic E-state index is 0.315. The van der Waals surface area contributed by atoms with Crippen molar-refractivity contribution in [2.24, 2.45) is 0 Å². The van der Waals surface area contributed by atoms with Crippen molar-refractivity contribution >= 4 is 22.4 Å². The number of carbonyl (C=O) groups excluding carboxylic acids is 1. The zero-order valence-electron chi connectivity index (χ0n) is 13.5. The number of allylic oxidation sites excluding steroid dienone is 2. The maximum absolute atomic E-state index is 11.4. The van der Waals surface area contributed by atoms with Gasteiger partial charge in [-0.25, -0.2) is 4.98 Å². The van der Waals surface area contributed by atoms with E-state index in [2.05, 4.69) is 23.0 Å². The minimum absolute atomic E-state index is 0.315. The van der Waals surface area contributed by atoms with E-state index in [1.165, 1.54) is 5.57 Å². The second-order valence-corrected chi connectivity index (χ2v) is 6.09. The third-order valence-electron chi connectivity index (χ3n) is 4.48.